The third kappa shape index (κ3) is 2.10. The summed E-state index contributed by atoms with van der Waals surface area (Å²) in [6, 6.07) is 11.0. The van der Waals surface area contributed by atoms with Crippen molar-refractivity contribution in [2.75, 3.05) is 4.90 Å². The van der Waals surface area contributed by atoms with Gasteiger partial charge >= 0.3 is 0 Å². The van der Waals surface area contributed by atoms with Crippen molar-refractivity contribution < 1.29 is 0 Å². The highest BCUT2D eigenvalue weighted by Crippen LogP contribution is 2.39. The summed E-state index contributed by atoms with van der Waals surface area (Å²) in [5.41, 5.74) is 2.60. The van der Waals surface area contributed by atoms with Crippen molar-refractivity contribution in [3.63, 3.8) is 0 Å². The Morgan fingerprint density at radius 3 is 3.00 bits per heavy atom. The Balaban J connectivity index is 1.97. The molecule has 3 aromatic rings. The zero-order chi connectivity index (χ0) is 14.4. The third-order valence-corrected chi connectivity index (χ3v) is 5.00. The van der Waals surface area contributed by atoms with Crippen LogP contribution in [0.2, 0.25) is 5.28 Å². The van der Waals surface area contributed by atoms with E-state index in [1.807, 2.05) is 5.38 Å². The van der Waals surface area contributed by atoms with Crippen molar-refractivity contribution in [2.24, 2.45) is 0 Å². The summed E-state index contributed by atoms with van der Waals surface area (Å²) in [4.78, 5) is 12.1. The highest BCUT2D eigenvalue weighted by Gasteiger charge is 2.27. The molecule has 3 heterocycles. The second kappa shape index (κ2) is 4.97. The van der Waals surface area contributed by atoms with Gasteiger partial charge in [0.2, 0.25) is 5.28 Å². The van der Waals surface area contributed by atoms with Crippen LogP contribution in [0.25, 0.3) is 10.2 Å². The predicted octanol–water partition coefficient (Wildman–Crippen LogP) is 4.82. The average molecular weight is 316 g/mol. The lowest BCUT2D eigenvalue weighted by atomic mass is 9.96. The van der Waals surface area contributed by atoms with E-state index in [1.54, 1.807) is 11.3 Å². The van der Waals surface area contributed by atoms with Crippen LogP contribution in [0.15, 0.2) is 35.7 Å². The lowest BCUT2D eigenvalue weighted by Crippen LogP contribution is -2.34. The van der Waals surface area contributed by atoms with Gasteiger partial charge in [-0.2, -0.15) is 4.98 Å². The molecule has 1 aliphatic heterocycles. The summed E-state index contributed by atoms with van der Waals surface area (Å²) >= 11 is 7.73. The van der Waals surface area contributed by atoms with Crippen LogP contribution in [0.5, 0.6) is 0 Å². The van der Waals surface area contributed by atoms with Crippen LogP contribution < -0.4 is 4.90 Å². The zero-order valence-corrected chi connectivity index (χ0v) is 13.2. The van der Waals surface area contributed by atoms with Crippen LogP contribution in [-0.2, 0) is 6.42 Å². The van der Waals surface area contributed by atoms with Gasteiger partial charge in [0.25, 0.3) is 0 Å². The van der Waals surface area contributed by atoms with Crippen LogP contribution >= 0.6 is 22.9 Å². The van der Waals surface area contributed by atoms with E-state index in [9.17, 15) is 0 Å². The molecule has 0 aliphatic carbocycles. The summed E-state index contributed by atoms with van der Waals surface area (Å²) in [5.74, 6) is 0.922. The number of hydrogen-bond acceptors (Lipinski definition) is 4. The van der Waals surface area contributed by atoms with E-state index >= 15 is 0 Å². The second-order valence-electron chi connectivity index (χ2n) is 5.34. The Morgan fingerprint density at radius 2 is 2.10 bits per heavy atom. The molecule has 1 atom stereocenters. The molecule has 0 N–H and O–H groups in total. The highest BCUT2D eigenvalue weighted by molar-refractivity contribution is 7.16. The maximum Gasteiger partial charge on any atom is 0.225 e. The molecule has 0 bridgehead atoms. The van der Waals surface area contributed by atoms with Crippen LogP contribution in [0.4, 0.5) is 11.5 Å². The minimum absolute atomic E-state index is 0.315. The van der Waals surface area contributed by atoms with Gasteiger partial charge in [0, 0.05) is 11.7 Å². The molecule has 5 heteroatoms. The first kappa shape index (κ1) is 13.0. The van der Waals surface area contributed by atoms with Gasteiger partial charge in [-0.05, 0) is 54.4 Å². The Labute approximate surface area is 132 Å². The van der Waals surface area contributed by atoms with Gasteiger partial charge in [-0.3, -0.25) is 0 Å². The molecule has 1 aromatic carbocycles. The van der Waals surface area contributed by atoms with E-state index in [1.165, 1.54) is 11.3 Å². The molecule has 106 valence electrons. The van der Waals surface area contributed by atoms with Gasteiger partial charge in [-0.25, -0.2) is 4.98 Å². The number of aryl methyl sites for hydroxylation is 1. The van der Waals surface area contributed by atoms with Crippen LogP contribution in [0.1, 0.15) is 18.9 Å². The van der Waals surface area contributed by atoms with Crippen molar-refractivity contribution in [3.05, 3.63) is 46.6 Å². The Kier molecular flexibility index (Phi) is 3.08. The number of rotatable bonds is 1. The number of anilines is 2. The first-order valence-corrected chi connectivity index (χ1v) is 8.27. The number of para-hydroxylation sites is 1. The molecule has 1 unspecified atom stereocenters. The highest BCUT2D eigenvalue weighted by atomic mass is 35.5. The maximum atomic E-state index is 6.13. The number of nitrogens with zero attached hydrogens (tertiary/aromatic N) is 3. The number of benzene rings is 1. The van der Waals surface area contributed by atoms with E-state index in [-0.39, 0.29) is 0 Å². The summed E-state index contributed by atoms with van der Waals surface area (Å²) in [6.45, 7) is 2.24. The van der Waals surface area contributed by atoms with Crippen molar-refractivity contribution in [1.82, 2.24) is 9.97 Å². The first-order chi connectivity index (χ1) is 10.2. The van der Waals surface area contributed by atoms with Crippen molar-refractivity contribution in [2.45, 2.75) is 25.8 Å². The SMILES string of the molecule is CC1CCc2ccccc2N1c1nc(Cl)nc2sccc12. The molecule has 0 saturated heterocycles. The maximum absolute atomic E-state index is 6.13. The van der Waals surface area contributed by atoms with Gasteiger partial charge in [0.15, 0.2) is 0 Å². The van der Waals surface area contributed by atoms with Crippen molar-refractivity contribution >= 4 is 44.7 Å². The van der Waals surface area contributed by atoms with Crippen molar-refractivity contribution in [3.8, 4) is 0 Å². The Morgan fingerprint density at radius 1 is 1.24 bits per heavy atom. The third-order valence-electron chi connectivity index (χ3n) is 4.03. The molecule has 0 amide bonds. The quantitative estimate of drug-likeness (QED) is 0.603. The van der Waals surface area contributed by atoms with Gasteiger partial charge in [0.1, 0.15) is 10.6 Å². The number of fused-ring (bicyclic) bond motifs is 2. The zero-order valence-electron chi connectivity index (χ0n) is 11.6. The van der Waals surface area contributed by atoms with Crippen LogP contribution in [-0.4, -0.2) is 16.0 Å². The second-order valence-corrected chi connectivity index (χ2v) is 6.57. The molecule has 21 heavy (non-hydrogen) atoms. The number of thiophene rings is 1. The van der Waals surface area contributed by atoms with E-state index in [2.05, 4.69) is 52.1 Å². The number of hydrogen-bond donors (Lipinski definition) is 0. The molecule has 0 fully saturated rings. The minimum atomic E-state index is 0.315. The Bertz CT molecular complexity index is 814. The summed E-state index contributed by atoms with van der Waals surface area (Å²) in [5, 5.41) is 3.43. The minimum Gasteiger partial charge on any atom is -0.323 e. The molecule has 4 rings (SSSR count). The summed E-state index contributed by atoms with van der Waals surface area (Å²) < 4.78 is 0. The van der Waals surface area contributed by atoms with E-state index < -0.39 is 0 Å². The van der Waals surface area contributed by atoms with E-state index in [0.717, 1.165) is 28.9 Å². The van der Waals surface area contributed by atoms with Gasteiger partial charge in [-0.1, -0.05) is 18.2 Å². The molecule has 3 nitrogen and oxygen atoms in total. The molecule has 0 saturated carbocycles. The fourth-order valence-electron chi connectivity index (χ4n) is 3.01. The topological polar surface area (TPSA) is 29.0 Å². The smallest absolute Gasteiger partial charge is 0.225 e. The molecule has 0 spiro atoms. The number of aromatic nitrogens is 2. The van der Waals surface area contributed by atoms with E-state index in [4.69, 9.17) is 11.6 Å². The average Bonchev–Trinajstić information content (AvgIpc) is 2.94. The van der Waals surface area contributed by atoms with Gasteiger partial charge < -0.3 is 4.90 Å². The molecular weight excluding hydrogens is 302 g/mol. The Hall–Kier alpha value is -1.65. The normalized spacial score (nSPS) is 18.0. The van der Waals surface area contributed by atoms with Crippen molar-refractivity contribution in [1.29, 1.82) is 0 Å². The monoisotopic (exact) mass is 315 g/mol. The fourth-order valence-corrected chi connectivity index (χ4v) is 3.98. The largest absolute Gasteiger partial charge is 0.323 e. The van der Waals surface area contributed by atoms with E-state index in [0.29, 0.717) is 11.3 Å². The van der Waals surface area contributed by atoms with Gasteiger partial charge in [0.05, 0.1) is 5.39 Å². The molecular formula is C16H14ClN3S. The lowest BCUT2D eigenvalue weighted by Gasteiger charge is -2.36. The molecule has 0 radical (unpaired) electrons. The number of halogens is 1. The summed E-state index contributed by atoms with van der Waals surface area (Å²) in [7, 11) is 0. The lowest BCUT2D eigenvalue weighted by molar-refractivity contribution is 0.614. The fraction of sp³-hybridized carbons (Fsp3) is 0.250. The summed E-state index contributed by atoms with van der Waals surface area (Å²) in [6.07, 6.45) is 2.23. The molecule has 1 aliphatic rings. The molecule has 2 aromatic heterocycles. The predicted molar refractivity (Wildman–Crippen MR) is 88.8 cm³/mol. The van der Waals surface area contributed by atoms with Crippen LogP contribution in [0, 0.1) is 0 Å². The van der Waals surface area contributed by atoms with Crippen LogP contribution in [0.3, 0.4) is 0 Å². The van der Waals surface area contributed by atoms with Gasteiger partial charge in [-0.15, -0.1) is 11.3 Å². The standard InChI is InChI=1S/C16H14ClN3S/c1-10-6-7-11-4-2-3-5-13(11)20(10)14-12-8-9-21-15(12)19-16(17)18-14/h2-5,8-10H,6-7H2,1H3. The first-order valence-electron chi connectivity index (χ1n) is 7.02.